The van der Waals surface area contributed by atoms with E-state index in [1.165, 1.54) is 17.0 Å². The standard InChI is InChI=1S/C29H34ClN3O4S/c1-20(2)31-29(35)23(5)32(18-24-13-15-25(30)16-14-24)28(34)19-33(27-17-21(3)11-12-22(27)4)38(36,37)26-9-7-6-8-10-26/h6-17,20,23H,18-19H2,1-5H3,(H,31,35)/t23-/m0/s1. The van der Waals surface area contributed by atoms with Crippen LogP contribution < -0.4 is 9.62 Å². The highest BCUT2D eigenvalue weighted by atomic mass is 35.5. The van der Waals surface area contributed by atoms with Gasteiger partial charge in [0.1, 0.15) is 12.6 Å². The lowest BCUT2D eigenvalue weighted by atomic mass is 10.1. The molecule has 3 aromatic rings. The van der Waals surface area contributed by atoms with Crippen molar-refractivity contribution in [3.8, 4) is 0 Å². The molecule has 3 aromatic carbocycles. The molecule has 9 heteroatoms. The minimum absolute atomic E-state index is 0.0727. The van der Waals surface area contributed by atoms with E-state index in [4.69, 9.17) is 11.6 Å². The van der Waals surface area contributed by atoms with Gasteiger partial charge in [0.05, 0.1) is 10.6 Å². The van der Waals surface area contributed by atoms with Crippen LogP contribution in [0.5, 0.6) is 0 Å². The summed E-state index contributed by atoms with van der Waals surface area (Å²) in [6, 6.07) is 19.5. The Kier molecular flexibility index (Phi) is 9.57. The summed E-state index contributed by atoms with van der Waals surface area (Å²) in [6.45, 7) is 8.61. The second kappa shape index (κ2) is 12.5. The first kappa shape index (κ1) is 29.2. The monoisotopic (exact) mass is 555 g/mol. The largest absolute Gasteiger partial charge is 0.352 e. The van der Waals surface area contributed by atoms with Crippen molar-refractivity contribution in [1.29, 1.82) is 0 Å². The fourth-order valence-electron chi connectivity index (χ4n) is 4.00. The predicted molar refractivity (Wildman–Crippen MR) is 152 cm³/mol. The molecule has 2 amide bonds. The zero-order valence-corrected chi connectivity index (χ0v) is 23.9. The molecule has 0 unspecified atom stereocenters. The lowest BCUT2D eigenvalue weighted by Crippen LogP contribution is -2.52. The Bertz CT molecular complexity index is 1380. The van der Waals surface area contributed by atoms with Crippen LogP contribution in [-0.2, 0) is 26.2 Å². The van der Waals surface area contributed by atoms with Crippen LogP contribution in [0, 0.1) is 13.8 Å². The van der Waals surface area contributed by atoms with E-state index in [1.807, 2.05) is 32.9 Å². The van der Waals surface area contributed by atoms with Gasteiger partial charge < -0.3 is 10.2 Å². The summed E-state index contributed by atoms with van der Waals surface area (Å²) in [5, 5.41) is 3.39. The van der Waals surface area contributed by atoms with Crippen molar-refractivity contribution >= 4 is 39.1 Å². The summed E-state index contributed by atoms with van der Waals surface area (Å²) < 4.78 is 28.9. The van der Waals surface area contributed by atoms with E-state index < -0.39 is 28.5 Å². The molecule has 0 aromatic heterocycles. The van der Waals surface area contributed by atoms with E-state index in [2.05, 4.69) is 5.32 Å². The number of amides is 2. The van der Waals surface area contributed by atoms with E-state index in [0.717, 1.165) is 15.4 Å². The smallest absolute Gasteiger partial charge is 0.264 e. The number of hydrogen-bond acceptors (Lipinski definition) is 4. The Hall–Kier alpha value is -3.36. The van der Waals surface area contributed by atoms with E-state index in [9.17, 15) is 18.0 Å². The molecule has 0 spiro atoms. The normalized spacial score (nSPS) is 12.2. The molecule has 0 aliphatic rings. The first-order valence-corrected chi connectivity index (χ1v) is 14.2. The second-order valence-corrected chi connectivity index (χ2v) is 11.9. The Morgan fingerprint density at radius 2 is 1.55 bits per heavy atom. The van der Waals surface area contributed by atoms with E-state index >= 15 is 0 Å². The third kappa shape index (κ3) is 7.14. The number of benzene rings is 3. The van der Waals surface area contributed by atoms with Crippen LogP contribution in [0.3, 0.4) is 0 Å². The third-order valence-electron chi connectivity index (χ3n) is 6.11. The lowest BCUT2D eigenvalue weighted by Gasteiger charge is -2.33. The number of anilines is 1. The molecular formula is C29H34ClN3O4S. The molecule has 1 atom stereocenters. The van der Waals surface area contributed by atoms with Crippen LogP contribution in [0.4, 0.5) is 5.69 Å². The van der Waals surface area contributed by atoms with Gasteiger partial charge >= 0.3 is 0 Å². The molecule has 0 aliphatic carbocycles. The van der Waals surface area contributed by atoms with Crippen molar-refractivity contribution in [1.82, 2.24) is 10.2 Å². The molecule has 0 fully saturated rings. The molecule has 0 aliphatic heterocycles. The number of carbonyl (C=O) groups is 2. The average Bonchev–Trinajstić information content (AvgIpc) is 2.88. The second-order valence-electron chi connectivity index (χ2n) is 9.60. The number of rotatable bonds is 10. The van der Waals surface area contributed by atoms with Gasteiger partial charge in [-0.3, -0.25) is 13.9 Å². The quantitative estimate of drug-likeness (QED) is 0.377. The number of sulfonamides is 1. The maximum atomic E-state index is 13.9. The molecule has 1 N–H and O–H groups in total. The van der Waals surface area contributed by atoms with Crippen molar-refractivity contribution in [3.63, 3.8) is 0 Å². The van der Waals surface area contributed by atoms with E-state index in [0.29, 0.717) is 16.3 Å². The lowest BCUT2D eigenvalue weighted by molar-refractivity contribution is -0.139. The number of nitrogens with one attached hydrogen (secondary N) is 1. The van der Waals surface area contributed by atoms with Crippen LogP contribution in [0.1, 0.15) is 37.5 Å². The molecule has 0 radical (unpaired) electrons. The molecule has 38 heavy (non-hydrogen) atoms. The molecule has 0 saturated heterocycles. The molecule has 0 saturated carbocycles. The van der Waals surface area contributed by atoms with Crippen molar-refractivity contribution in [2.45, 2.75) is 58.1 Å². The van der Waals surface area contributed by atoms with Crippen LogP contribution >= 0.6 is 11.6 Å². The summed E-state index contributed by atoms with van der Waals surface area (Å²) in [4.78, 5) is 28.4. The number of aryl methyl sites for hydroxylation is 2. The molecule has 0 heterocycles. The van der Waals surface area contributed by atoms with Gasteiger partial charge in [0.2, 0.25) is 11.8 Å². The van der Waals surface area contributed by atoms with Gasteiger partial charge in [-0.1, -0.05) is 54.1 Å². The van der Waals surface area contributed by atoms with E-state index in [1.54, 1.807) is 62.4 Å². The highest BCUT2D eigenvalue weighted by molar-refractivity contribution is 7.92. The van der Waals surface area contributed by atoms with Crippen molar-refractivity contribution in [2.75, 3.05) is 10.8 Å². The molecular weight excluding hydrogens is 522 g/mol. The van der Waals surface area contributed by atoms with Crippen LogP contribution in [-0.4, -0.2) is 43.8 Å². The Morgan fingerprint density at radius 1 is 0.921 bits per heavy atom. The summed E-state index contributed by atoms with van der Waals surface area (Å²) >= 11 is 6.04. The van der Waals surface area contributed by atoms with Crippen molar-refractivity contribution in [3.05, 3.63) is 94.5 Å². The summed E-state index contributed by atoms with van der Waals surface area (Å²) in [6.07, 6.45) is 0. The summed E-state index contributed by atoms with van der Waals surface area (Å²) in [5.41, 5.74) is 2.73. The molecule has 0 bridgehead atoms. The summed E-state index contributed by atoms with van der Waals surface area (Å²) in [5.74, 6) is -0.835. The topological polar surface area (TPSA) is 86.8 Å². The SMILES string of the molecule is Cc1ccc(C)c(N(CC(=O)N(Cc2ccc(Cl)cc2)[C@@H](C)C(=O)NC(C)C)S(=O)(=O)c2ccccc2)c1. The molecule has 7 nitrogen and oxygen atoms in total. The maximum Gasteiger partial charge on any atom is 0.264 e. The molecule has 202 valence electrons. The minimum atomic E-state index is -4.10. The first-order valence-electron chi connectivity index (χ1n) is 12.4. The van der Waals surface area contributed by atoms with Gasteiger partial charge in [0.15, 0.2) is 0 Å². The molecule has 3 rings (SSSR count). The van der Waals surface area contributed by atoms with Gasteiger partial charge in [-0.2, -0.15) is 0 Å². The van der Waals surface area contributed by atoms with Gasteiger partial charge in [0.25, 0.3) is 10.0 Å². The van der Waals surface area contributed by atoms with Gasteiger partial charge in [-0.15, -0.1) is 0 Å². The predicted octanol–water partition coefficient (Wildman–Crippen LogP) is 5.09. The minimum Gasteiger partial charge on any atom is -0.352 e. The van der Waals surface area contributed by atoms with Crippen LogP contribution in [0.2, 0.25) is 5.02 Å². The Morgan fingerprint density at radius 3 is 2.16 bits per heavy atom. The Labute approximate surface area is 230 Å². The van der Waals surface area contributed by atoms with Crippen molar-refractivity contribution in [2.24, 2.45) is 0 Å². The fraction of sp³-hybridized carbons (Fsp3) is 0.310. The fourth-order valence-corrected chi connectivity index (χ4v) is 5.61. The van der Waals surface area contributed by atoms with E-state index in [-0.39, 0.29) is 23.4 Å². The highest BCUT2D eigenvalue weighted by Crippen LogP contribution is 2.28. The number of nitrogens with zero attached hydrogens (tertiary/aromatic N) is 2. The Balaban J connectivity index is 2.06. The van der Waals surface area contributed by atoms with Gasteiger partial charge in [-0.05, 0) is 81.6 Å². The average molecular weight is 556 g/mol. The van der Waals surface area contributed by atoms with Crippen molar-refractivity contribution < 1.29 is 18.0 Å². The van der Waals surface area contributed by atoms with Gasteiger partial charge in [-0.25, -0.2) is 8.42 Å². The highest BCUT2D eigenvalue weighted by Gasteiger charge is 2.33. The first-order chi connectivity index (χ1) is 17.9. The van der Waals surface area contributed by atoms with Crippen LogP contribution in [0.15, 0.2) is 77.7 Å². The summed E-state index contributed by atoms with van der Waals surface area (Å²) in [7, 11) is -4.10. The number of halogens is 1. The van der Waals surface area contributed by atoms with Gasteiger partial charge in [0, 0.05) is 17.6 Å². The number of hydrogen-bond donors (Lipinski definition) is 1. The zero-order valence-electron chi connectivity index (χ0n) is 22.3. The third-order valence-corrected chi connectivity index (χ3v) is 8.13. The van der Waals surface area contributed by atoms with Crippen LogP contribution in [0.25, 0.3) is 0 Å². The maximum absolute atomic E-state index is 13.9. The zero-order chi connectivity index (χ0) is 28.0. The number of carbonyl (C=O) groups excluding carboxylic acids is 2.